The second kappa shape index (κ2) is 9.04. The van der Waals surface area contributed by atoms with E-state index >= 15 is 0 Å². The first-order valence-electron chi connectivity index (χ1n) is 8.84. The maximum Gasteiger partial charge on any atom is 0.339 e. The zero-order valence-electron chi connectivity index (χ0n) is 16.1. The molecule has 2 aromatic carbocycles. The molecule has 0 unspecified atom stereocenters. The molecular formula is C21H27N3O2. The number of rotatable bonds is 6. The van der Waals surface area contributed by atoms with E-state index in [2.05, 4.69) is 35.8 Å². The zero-order chi connectivity index (χ0) is 19.1. The third-order valence-electron chi connectivity index (χ3n) is 4.00. The molecule has 0 radical (unpaired) electrons. The predicted octanol–water partition coefficient (Wildman–Crippen LogP) is 4.98. The lowest BCUT2D eigenvalue weighted by Gasteiger charge is -2.15. The fraction of sp³-hybridized carbons (Fsp3) is 0.333. The summed E-state index contributed by atoms with van der Waals surface area (Å²) < 4.78 is 5.73. The number of benzene rings is 2. The molecule has 0 aromatic heterocycles. The standard InChI is InChI=1S/C21H27N3O2/c1-6-26-20-11-16(5)17(12-19(20)14(2)3)13-22-24-21(25)23-18-9-7-15(4)8-10-18/h7-14H,6H2,1-5H3,(H2,23,24,25)/b22-13-. The minimum absolute atomic E-state index is 0.335. The minimum Gasteiger partial charge on any atom is -0.494 e. The highest BCUT2D eigenvalue weighted by atomic mass is 16.5. The van der Waals surface area contributed by atoms with Crippen molar-refractivity contribution in [3.63, 3.8) is 0 Å². The molecule has 0 fully saturated rings. The number of hydrogen-bond acceptors (Lipinski definition) is 3. The van der Waals surface area contributed by atoms with Crippen molar-refractivity contribution in [3.05, 3.63) is 58.7 Å². The van der Waals surface area contributed by atoms with Gasteiger partial charge in [0.2, 0.25) is 0 Å². The molecule has 0 heterocycles. The summed E-state index contributed by atoms with van der Waals surface area (Å²) in [6, 6.07) is 11.3. The fourth-order valence-corrected chi connectivity index (χ4v) is 2.54. The van der Waals surface area contributed by atoms with Crippen LogP contribution in [0.3, 0.4) is 0 Å². The lowest BCUT2D eigenvalue weighted by atomic mass is 9.97. The van der Waals surface area contributed by atoms with Gasteiger partial charge in [0.15, 0.2) is 0 Å². The number of nitrogens with zero attached hydrogens (tertiary/aromatic N) is 1. The molecule has 0 spiro atoms. The van der Waals surface area contributed by atoms with Crippen molar-refractivity contribution in [2.75, 3.05) is 11.9 Å². The van der Waals surface area contributed by atoms with Gasteiger partial charge in [0, 0.05) is 5.69 Å². The maximum atomic E-state index is 11.9. The van der Waals surface area contributed by atoms with Crippen LogP contribution < -0.4 is 15.5 Å². The van der Waals surface area contributed by atoms with Crippen molar-refractivity contribution in [2.24, 2.45) is 5.10 Å². The Hall–Kier alpha value is -2.82. The van der Waals surface area contributed by atoms with E-state index in [1.807, 2.05) is 51.1 Å². The van der Waals surface area contributed by atoms with E-state index in [9.17, 15) is 4.79 Å². The minimum atomic E-state index is -0.377. The van der Waals surface area contributed by atoms with Crippen molar-refractivity contribution < 1.29 is 9.53 Å². The summed E-state index contributed by atoms with van der Waals surface area (Å²) in [6.45, 7) is 10.9. The third-order valence-corrected chi connectivity index (χ3v) is 4.00. The van der Waals surface area contributed by atoms with Gasteiger partial charge in [-0.2, -0.15) is 5.10 Å². The second-order valence-corrected chi connectivity index (χ2v) is 6.52. The van der Waals surface area contributed by atoms with Gasteiger partial charge in [0.1, 0.15) is 5.75 Å². The Labute approximate surface area is 155 Å². The van der Waals surface area contributed by atoms with Crippen LogP contribution in [0.1, 0.15) is 48.9 Å². The summed E-state index contributed by atoms with van der Waals surface area (Å²) >= 11 is 0. The second-order valence-electron chi connectivity index (χ2n) is 6.52. The van der Waals surface area contributed by atoms with Crippen LogP contribution in [0, 0.1) is 13.8 Å². The van der Waals surface area contributed by atoms with Crippen LogP contribution >= 0.6 is 0 Å². The van der Waals surface area contributed by atoms with Gasteiger partial charge >= 0.3 is 6.03 Å². The molecule has 0 aliphatic heterocycles. The van der Waals surface area contributed by atoms with E-state index < -0.39 is 0 Å². The van der Waals surface area contributed by atoms with Gasteiger partial charge in [0.25, 0.3) is 0 Å². The monoisotopic (exact) mass is 353 g/mol. The van der Waals surface area contributed by atoms with Gasteiger partial charge < -0.3 is 10.1 Å². The summed E-state index contributed by atoms with van der Waals surface area (Å²) in [6.07, 6.45) is 1.66. The van der Waals surface area contributed by atoms with Gasteiger partial charge in [-0.05, 0) is 67.6 Å². The normalized spacial score (nSPS) is 11.0. The largest absolute Gasteiger partial charge is 0.494 e. The fourth-order valence-electron chi connectivity index (χ4n) is 2.54. The Kier molecular flexibility index (Phi) is 6.78. The lowest BCUT2D eigenvalue weighted by Crippen LogP contribution is -2.24. The topological polar surface area (TPSA) is 62.7 Å². The molecule has 0 atom stereocenters. The Bertz CT molecular complexity index is 781. The zero-order valence-corrected chi connectivity index (χ0v) is 16.1. The maximum absolute atomic E-state index is 11.9. The first kappa shape index (κ1) is 19.5. The van der Waals surface area contributed by atoms with Gasteiger partial charge in [-0.15, -0.1) is 0 Å². The van der Waals surface area contributed by atoms with E-state index in [-0.39, 0.29) is 6.03 Å². The van der Waals surface area contributed by atoms with Crippen LogP contribution in [-0.4, -0.2) is 18.9 Å². The molecule has 0 saturated heterocycles. The Morgan fingerprint density at radius 3 is 2.50 bits per heavy atom. The van der Waals surface area contributed by atoms with Crippen LogP contribution in [0.25, 0.3) is 0 Å². The van der Waals surface area contributed by atoms with Gasteiger partial charge in [0.05, 0.1) is 12.8 Å². The number of hydrogen-bond donors (Lipinski definition) is 2. The molecule has 0 aliphatic rings. The quantitative estimate of drug-likeness (QED) is 0.568. The molecule has 5 heteroatoms. The number of carbonyl (C=O) groups is 1. The van der Waals surface area contributed by atoms with Crippen LogP contribution in [0.4, 0.5) is 10.5 Å². The van der Waals surface area contributed by atoms with Crippen molar-refractivity contribution in [2.45, 2.75) is 40.5 Å². The predicted molar refractivity (Wildman–Crippen MR) is 107 cm³/mol. The number of hydrazone groups is 1. The molecular weight excluding hydrogens is 326 g/mol. The van der Waals surface area contributed by atoms with Gasteiger partial charge in [-0.3, -0.25) is 0 Å². The molecule has 2 aromatic rings. The molecule has 26 heavy (non-hydrogen) atoms. The van der Waals surface area contributed by atoms with Crippen molar-refractivity contribution in [1.29, 1.82) is 0 Å². The van der Waals surface area contributed by atoms with E-state index in [0.717, 1.165) is 33.7 Å². The van der Waals surface area contributed by atoms with Gasteiger partial charge in [-0.25, -0.2) is 10.2 Å². The Morgan fingerprint density at radius 1 is 1.19 bits per heavy atom. The highest BCUT2D eigenvalue weighted by Crippen LogP contribution is 2.29. The highest BCUT2D eigenvalue weighted by molar-refractivity contribution is 5.90. The van der Waals surface area contributed by atoms with E-state index in [1.165, 1.54) is 0 Å². The van der Waals surface area contributed by atoms with E-state index in [0.29, 0.717) is 12.5 Å². The SMILES string of the molecule is CCOc1cc(C)c(/C=N\NC(=O)Nc2ccc(C)cc2)cc1C(C)C. The first-order chi connectivity index (χ1) is 12.4. The summed E-state index contributed by atoms with van der Waals surface area (Å²) in [7, 11) is 0. The molecule has 0 saturated carbocycles. The average molecular weight is 353 g/mol. The third kappa shape index (κ3) is 5.34. The molecule has 138 valence electrons. The van der Waals surface area contributed by atoms with Crippen LogP contribution in [0.15, 0.2) is 41.5 Å². The van der Waals surface area contributed by atoms with E-state index in [1.54, 1.807) is 6.21 Å². The Balaban J connectivity index is 2.06. The molecule has 0 bridgehead atoms. The molecule has 2 N–H and O–H groups in total. The average Bonchev–Trinajstić information content (AvgIpc) is 2.59. The highest BCUT2D eigenvalue weighted by Gasteiger charge is 2.11. The van der Waals surface area contributed by atoms with Crippen LogP contribution in [0.5, 0.6) is 5.75 Å². The number of carbonyl (C=O) groups excluding carboxylic acids is 1. The number of ether oxygens (including phenoxy) is 1. The smallest absolute Gasteiger partial charge is 0.339 e. The number of urea groups is 1. The van der Waals surface area contributed by atoms with Crippen LogP contribution in [0.2, 0.25) is 0 Å². The molecule has 5 nitrogen and oxygen atoms in total. The number of anilines is 1. The molecule has 2 amide bonds. The summed E-state index contributed by atoms with van der Waals surface area (Å²) in [5.41, 5.74) is 7.49. The van der Waals surface area contributed by atoms with Crippen molar-refractivity contribution in [3.8, 4) is 5.75 Å². The lowest BCUT2D eigenvalue weighted by molar-refractivity contribution is 0.252. The number of nitrogens with one attached hydrogen (secondary N) is 2. The van der Waals surface area contributed by atoms with Crippen molar-refractivity contribution >= 4 is 17.9 Å². The van der Waals surface area contributed by atoms with Gasteiger partial charge in [-0.1, -0.05) is 31.5 Å². The summed E-state index contributed by atoms with van der Waals surface area (Å²) in [5, 5.41) is 6.81. The summed E-state index contributed by atoms with van der Waals surface area (Å²) in [4.78, 5) is 11.9. The van der Waals surface area contributed by atoms with Crippen molar-refractivity contribution in [1.82, 2.24) is 5.43 Å². The first-order valence-corrected chi connectivity index (χ1v) is 8.84. The van der Waals surface area contributed by atoms with E-state index in [4.69, 9.17) is 4.74 Å². The number of aryl methyl sites for hydroxylation is 2. The number of amides is 2. The summed E-state index contributed by atoms with van der Waals surface area (Å²) in [5.74, 6) is 1.24. The molecule has 0 aliphatic carbocycles. The molecule has 2 rings (SSSR count). The van der Waals surface area contributed by atoms with Crippen LogP contribution in [-0.2, 0) is 0 Å². The Morgan fingerprint density at radius 2 is 1.88 bits per heavy atom.